The van der Waals surface area contributed by atoms with Crippen LogP contribution in [0.15, 0.2) is 35.8 Å². The normalized spacial score (nSPS) is 25.9. The van der Waals surface area contributed by atoms with Crippen LogP contribution in [-0.4, -0.2) is 44.8 Å². The van der Waals surface area contributed by atoms with E-state index in [0.29, 0.717) is 23.0 Å². The third kappa shape index (κ3) is 3.35. The van der Waals surface area contributed by atoms with Crippen LogP contribution in [0.25, 0.3) is 21.8 Å². The van der Waals surface area contributed by atoms with Gasteiger partial charge >= 0.3 is 0 Å². The van der Waals surface area contributed by atoms with Crippen molar-refractivity contribution in [3.8, 4) is 27.6 Å². The zero-order valence-electron chi connectivity index (χ0n) is 16.1. The van der Waals surface area contributed by atoms with Gasteiger partial charge in [0.2, 0.25) is 0 Å². The number of phenols is 1. The first kappa shape index (κ1) is 18.4. The minimum atomic E-state index is -0.808. The van der Waals surface area contributed by atoms with E-state index in [-0.39, 0.29) is 17.7 Å². The molecule has 29 heavy (non-hydrogen) atoms. The summed E-state index contributed by atoms with van der Waals surface area (Å²) in [7, 11) is 1.90. The molecule has 1 N–H and O–H groups in total. The monoisotopic (exact) mass is 411 g/mol. The Morgan fingerprint density at radius 2 is 2.00 bits per heavy atom. The number of fused-ring (bicyclic) bond motifs is 2. The van der Waals surface area contributed by atoms with Crippen molar-refractivity contribution in [2.24, 2.45) is 11.8 Å². The Morgan fingerprint density at radius 3 is 2.72 bits per heavy atom. The number of benzene rings is 1. The number of alkyl halides is 1. The molecule has 8 heteroatoms. The van der Waals surface area contributed by atoms with Crippen molar-refractivity contribution in [2.75, 3.05) is 11.9 Å². The summed E-state index contributed by atoms with van der Waals surface area (Å²) in [4.78, 5) is 1.93. The summed E-state index contributed by atoms with van der Waals surface area (Å²) in [6.07, 6.45) is 3.25. The Morgan fingerprint density at radius 1 is 1.10 bits per heavy atom. The summed E-state index contributed by atoms with van der Waals surface area (Å²) in [6.45, 7) is 0. The molecule has 1 aromatic carbocycles. The highest BCUT2D eigenvalue weighted by molar-refractivity contribution is 7.12. The van der Waals surface area contributed by atoms with Crippen LogP contribution in [0.4, 0.5) is 10.2 Å². The number of hydrogen-bond acceptors (Lipinski definition) is 7. The van der Waals surface area contributed by atoms with Gasteiger partial charge in [0.25, 0.3) is 0 Å². The fourth-order valence-electron chi connectivity index (χ4n) is 4.78. The Labute approximate surface area is 172 Å². The molecule has 0 aliphatic heterocycles. The quantitative estimate of drug-likeness (QED) is 0.689. The molecule has 0 amide bonds. The molecule has 0 unspecified atom stereocenters. The standard InChI is InChI=1S/C21H22FN5OS/c1-27(17-9-12-2-3-13(8-12)20(17)22)19-7-6-16(24-25-19)15-5-4-14(10-18(15)28)21-26-23-11-29-21/h4-7,10-13,17,20,28H,2-3,8-9H2,1H3/t12-,13+,17+,20-/m1/s1. The highest BCUT2D eigenvalue weighted by Crippen LogP contribution is 2.45. The van der Waals surface area contributed by atoms with Crippen LogP contribution in [-0.2, 0) is 0 Å². The molecule has 2 heterocycles. The van der Waals surface area contributed by atoms with Gasteiger partial charge in [0, 0.05) is 18.2 Å². The van der Waals surface area contributed by atoms with Crippen molar-refractivity contribution in [1.82, 2.24) is 20.4 Å². The van der Waals surface area contributed by atoms with Crippen molar-refractivity contribution in [3.63, 3.8) is 0 Å². The van der Waals surface area contributed by atoms with Crippen LogP contribution in [0.1, 0.15) is 25.7 Å². The number of aromatic hydroxyl groups is 1. The lowest BCUT2D eigenvalue weighted by Crippen LogP contribution is -2.46. The molecule has 2 aliphatic rings. The summed E-state index contributed by atoms with van der Waals surface area (Å²) in [5.74, 6) is 1.60. The van der Waals surface area contributed by atoms with Gasteiger partial charge in [-0.15, -0.1) is 20.4 Å². The zero-order valence-corrected chi connectivity index (χ0v) is 16.9. The summed E-state index contributed by atoms with van der Waals surface area (Å²) in [5.41, 5.74) is 3.63. The molecule has 0 spiro atoms. The van der Waals surface area contributed by atoms with Crippen molar-refractivity contribution in [1.29, 1.82) is 0 Å². The summed E-state index contributed by atoms with van der Waals surface area (Å²) >= 11 is 1.41. The fourth-order valence-corrected chi connectivity index (χ4v) is 5.33. The second kappa shape index (κ2) is 7.33. The second-order valence-corrected chi connectivity index (χ2v) is 8.88. The van der Waals surface area contributed by atoms with Crippen LogP contribution in [0.2, 0.25) is 0 Å². The van der Waals surface area contributed by atoms with Crippen molar-refractivity contribution < 1.29 is 9.50 Å². The highest BCUT2D eigenvalue weighted by atomic mass is 32.1. The average molecular weight is 412 g/mol. The van der Waals surface area contributed by atoms with Crippen LogP contribution >= 0.6 is 11.3 Å². The third-order valence-electron chi connectivity index (χ3n) is 6.36. The molecule has 2 bridgehead atoms. The first-order valence-corrected chi connectivity index (χ1v) is 10.8. The largest absolute Gasteiger partial charge is 0.507 e. The predicted octanol–water partition coefficient (Wildman–Crippen LogP) is 4.33. The first-order valence-electron chi connectivity index (χ1n) is 9.90. The molecule has 0 radical (unpaired) electrons. The maximum atomic E-state index is 14.9. The maximum absolute atomic E-state index is 14.9. The van der Waals surface area contributed by atoms with Crippen molar-refractivity contribution >= 4 is 17.2 Å². The van der Waals surface area contributed by atoms with E-state index in [0.717, 1.165) is 36.3 Å². The molecule has 2 fully saturated rings. The number of phenolic OH excluding ortho intramolecular Hbond substituents is 1. The van der Waals surface area contributed by atoms with E-state index < -0.39 is 6.17 Å². The zero-order chi connectivity index (χ0) is 20.0. The third-order valence-corrected chi connectivity index (χ3v) is 7.10. The van der Waals surface area contributed by atoms with Crippen LogP contribution in [0, 0.1) is 11.8 Å². The lowest BCUT2D eigenvalue weighted by Gasteiger charge is -2.38. The molecule has 3 aromatic rings. The minimum absolute atomic E-state index is 0.112. The number of hydrogen-bond donors (Lipinski definition) is 1. The van der Waals surface area contributed by atoms with E-state index in [1.165, 1.54) is 11.3 Å². The molecular formula is C21H22FN5OS. The highest BCUT2D eigenvalue weighted by Gasteiger charge is 2.44. The van der Waals surface area contributed by atoms with E-state index >= 15 is 0 Å². The number of anilines is 1. The molecule has 2 aliphatic carbocycles. The van der Waals surface area contributed by atoms with Gasteiger partial charge in [-0.3, -0.25) is 0 Å². The van der Waals surface area contributed by atoms with Gasteiger partial charge in [0.05, 0.1) is 11.7 Å². The average Bonchev–Trinajstić information content (AvgIpc) is 3.41. The van der Waals surface area contributed by atoms with Gasteiger partial charge in [-0.25, -0.2) is 4.39 Å². The maximum Gasteiger partial charge on any atom is 0.151 e. The molecule has 150 valence electrons. The lowest BCUT2D eigenvalue weighted by atomic mass is 9.83. The number of rotatable bonds is 4. The molecule has 0 saturated heterocycles. The predicted molar refractivity (Wildman–Crippen MR) is 111 cm³/mol. The van der Waals surface area contributed by atoms with E-state index in [2.05, 4.69) is 20.4 Å². The van der Waals surface area contributed by atoms with E-state index in [9.17, 15) is 9.50 Å². The molecule has 2 saturated carbocycles. The number of halogens is 1. The van der Waals surface area contributed by atoms with Gasteiger partial charge in [0.15, 0.2) is 5.82 Å². The van der Waals surface area contributed by atoms with Crippen LogP contribution in [0.5, 0.6) is 5.75 Å². The Kier molecular flexibility index (Phi) is 4.66. The van der Waals surface area contributed by atoms with Gasteiger partial charge in [-0.05, 0) is 61.8 Å². The topological polar surface area (TPSA) is 75.0 Å². The van der Waals surface area contributed by atoms with E-state index in [4.69, 9.17) is 0 Å². The second-order valence-electron chi connectivity index (χ2n) is 8.05. The smallest absolute Gasteiger partial charge is 0.151 e. The van der Waals surface area contributed by atoms with Crippen LogP contribution in [0.3, 0.4) is 0 Å². The van der Waals surface area contributed by atoms with Crippen LogP contribution < -0.4 is 4.90 Å². The molecule has 2 aromatic heterocycles. The molecule has 5 rings (SSSR count). The SMILES string of the molecule is CN(c1ccc(-c2ccc(-c3nncs3)cc2O)nn1)[C@H]1C[C@@H]2CC[C@@H](C2)[C@H]1F. The summed E-state index contributed by atoms with van der Waals surface area (Å²) < 4.78 is 14.9. The molecular weight excluding hydrogens is 389 g/mol. The summed E-state index contributed by atoms with van der Waals surface area (Å²) in [5, 5.41) is 27.7. The number of aromatic nitrogens is 4. The van der Waals surface area contributed by atoms with Crippen molar-refractivity contribution in [2.45, 2.75) is 37.9 Å². The van der Waals surface area contributed by atoms with Gasteiger partial charge in [-0.2, -0.15) is 0 Å². The Balaban J connectivity index is 1.36. The van der Waals surface area contributed by atoms with Gasteiger partial charge in [-0.1, -0.05) is 17.4 Å². The Hall–Kier alpha value is -2.61. The first-order chi connectivity index (χ1) is 14.1. The molecule has 6 nitrogen and oxygen atoms in total. The fraction of sp³-hybridized carbons (Fsp3) is 0.429. The number of nitrogens with zero attached hydrogens (tertiary/aromatic N) is 5. The Bertz CT molecular complexity index is 997. The summed E-state index contributed by atoms with van der Waals surface area (Å²) in [6, 6.07) is 8.87. The molecule has 4 atom stereocenters. The van der Waals surface area contributed by atoms with E-state index in [1.54, 1.807) is 17.6 Å². The van der Waals surface area contributed by atoms with Crippen molar-refractivity contribution in [3.05, 3.63) is 35.8 Å². The van der Waals surface area contributed by atoms with Gasteiger partial charge in [0.1, 0.15) is 22.4 Å². The van der Waals surface area contributed by atoms with Gasteiger partial charge < -0.3 is 10.0 Å². The minimum Gasteiger partial charge on any atom is -0.507 e. The lowest BCUT2D eigenvalue weighted by molar-refractivity contribution is 0.144. The van der Waals surface area contributed by atoms with E-state index in [1.807, 2.05) is 30.1 Å².